The number of nitrogens with two attached hydrogens (primary N) is 1. The summed E-state index contributed by atoms with van der Waals surface area (Å²) in [5, 5.41) is 2.80. The molecule has 31 heavy (non-hydrogen) atoms. The van der Waals surface area contributed by atoms with E-state index in [1.54, 1.807) is 17.0 Å². The number of primary amides is 1. The van der Waals surface area contributed by atoms with Gasteiger partial charge in [-0.1, -0.05) is 11.6 Å². The molecule has 2 aromatic rings. The fourth-order valence-electron chi connectivity index (χ4n) is 3.07. The quantitative estimate of drug-likeness (QED) is 0.673. The van der Waals surface area contributed by atoms with Crippen molar-refractivity contribution >= 4 is 29.2 Å². The molecule has 0 bridgehead atoms. The van der Waals surface area contributed by atoms with Gasteiger partial charge in [0.2, 0.25) is 0 Å². The predicted molar refractivity (Wildman–Crippen MR) is 113 cm³/mol. The first-order valence-electron chi connectivity index (χ1n) is 9.60. The van der Waals surface area contributed by atoms with Crippen molar-refractivity contribution in [3.05, 3.63) is 53.3 Å². The fourth-order valence-corrected chi connectivity index (χ4v) is 3.24. The van der Waals surface area contributed by atoms with Crippen LogP contribution in [-0.2, 0) is 9.53 Å². The molecular formula is C21H23ClFN3O5. The number of morpholine rings is 1. The molecule has 0 radical (unpaired) electrons. The van der Waals surface area contributed by atoms with Crippen LogP contribution in [0.5, 0.6) is 11.5 Å². The Bertz CT molecular complexity index is 928. The Hall–Kier alpha value is -3.04. The molecule has 166 valence electrons. The Kier molecular flexibility index (Phi) is 7.54. The van der Waals surface area contributed by atoms with Crippen LogP contribution in [0.25, 0.3) is 0 Å². The van der Waals surface area contributed by atoms with E-state index in [9.17, 15) is 14.0 Å². The number of benzene rings is 2. The minimum atomic E-state index is -0.774. The van der Waals surface area contributed by atoms with Crippen molar-refractivity contribution in [1.29, 1.82) is 0 Å². The molecule has 2 aromatic carbocycles. The molecule has 3 amide bonds. The van der Waals surface area contributed by atoms with E-state index < -0.39 is 6.03 Å². The van der Waals surface area contributed by atoms with Crippen molar-refractivity contribution in [3.8, 4) is 11.5 Å². The second-order valence-corrected chi connectivity index (χ2v) is 7.47. The van der Waals surface area contributed by atoms with Gasteiger partial charge in [0.25, 0.3) is 5.91 Å². The lowest BCUT2D eigenvalue weighted by atomic mass is 10.2. The van der Waals surface area contributed by atoms with Gasteiger partial charge in [0.15, 0.2) is 6.61 Å². The monoisotopic (exact) mass is 451 g/mol. The van der Waals surface area contributed by atoms with Crippen LogP contribution in [-0.4, -0.2) is 55.3 Å². The summed E-state index contributed by atoms with van der Waals surface area (Å²) in [7, 11) is 0. The van der Waals surface area contributed by atoms with Crippen LogP contribution >= 0.6 is 11.6 Å². The first-order valence-corrected chi connectivity index (χ1v) is 9.98. The molecule has 1 saturated heterocycles. The standard InChI is InChI=1S/C21H23ClFN3O5/c1-13-10-29-17(11-30-16-5-3-15(23)4-6-16)9-26(13)20(27)12-31-19-7-2-14(22)8-18(19)25-21(24)28/h2-8,13,17H,9-12H2,1H3,(H3,24,25,28)/t13?,17-/m1/s1. The molecule has 1 aliphatic rings. The Balaban J connectivity index is 1.56. The van der Waals surface area contributed by atoms with Crippen LogP contribution in [0.4, 0.5) is 14.9 Å². The number of urea groups is 1. The highest BCUT2D eigenvalue weighted by Gasteiger charge is 2.30. The lowest BCUT2D eigenvalue weighted by molar-refractivity contribution is -0.147. The van der Waals surface area contributed by atoms with Gasteiger partial charge in [-0.2, -0.15) is 0 Å². The summed E-state index contributed by atoms with van der Waals surface area (Å²) in [5.41, 5.74) is 5.43. The largest absolute Gasteiger partial charge is 0.491 e. The molecule has 3 rings (SSSR count). The highest BCUT2D eigenvalue weighted by molar-refractivity contribution is 6.31. The van der Waals surface area contributed by atoms with E-state index in [0.717, 1.165) is 0 Å². The average molecular weight is 452 g/mol. The molecular weight excluding hydrogens is 429 g/mol. The third-order valence-electron chi connectivity index (χ3n) is 4.63. The van der Waals surface area contributed by atoms with E-state index in [-0.39, 0.29) is 48.5 Å². The lowest BCUT2D eigenvalue weighted by Gasteiger charge is -2.37. The number of hydrogen-bond donors (Lipinski definition) is 2. The van der Waals surface area contributed by atoms with E-state index in [1.807, 2.05) is 6.92 Å². The van der Waals surface area contributed by atoms with Gasteiger partial charge in [-0.15, -0.1) is 0 Å². The second kappa shape index (κ2) is 10.3. The Labute approximate surface area is 184 Å². The fraction of sp³-hybridized carbons (Fsp3) is 0.333. The third kappa shape index (κ3) is 6.47. The van der Waals surface area contributed by atoms with Gasteiger partial charge in [0.1, 0.15) is 30.0 Å². The molecule has 10 heteroatoms. The zero-order valence-electron chi connectivity index (χ0n) is 16.8. The van der Waals surface area contributed by atoms with Crippen molar-refractivity contribution < 1.29 is 28.2 Å². The Morgan fingerprint density at radius 1 is 1.26 bits per heavy atom. The summed E-state index contributed by atoms with van der Waals surface area (Å²) >= 11 is 5.93. The van der Waals surface area contributed by atoms with E-state index in [2.05, 4.69) is 5.32 Å². The van der Waals surface area contributed by atoms with Gasteiger partial charge in [0.05, 0.1) is 24.9 Å². The lowest BCUT2D eigenvalue weighted by Crippen LogP contribution is -2.53. The van der Waals surface area contributed by atoms with Crippen molar-refractivity contribution in [2.45, 2.75) is 19.1 Å². The number of halogens is 2. The molecule has 2 atom stereocenters. The summed E-state index contributed by atoms with van der Waals surface area (Å²) in [6.07, 6.45) is -0.340. The predicted octanol–water partition coefficient (Wildman–Crippen LogP) is 3.04. The van der Waals surface area contributed by atoms with Crippen LogP contribution in [0, 0.1) is 5.82 Å². The smallest absolute Gasteiger partial charge is 0.316 e. The highest BCUT2D eigenvalue weighted by atomic mass is 35.5. The van der Waals surface area contributed by atoms with Gasteiger partial charge in [-0.25, -0.2) is 9.18 Å². The van der Waals surface area contributed by atoms with Crippen LogP contribution in [0.2, 0.25) is 5.02 Å². The topological polar surface area (TPSA) is 103 Å². The molecule has 0 aromatic heterocycles. The van der Waals surface area contributed by atoms with Gasteiger partial charge in [-0.3, -0.25) is 4.79 Å². The molecule has 3 N–H and O–H groups in total. The summed E-state index contributed by atoms with van der Waals surface area (Å²) in [4.78, 5) is 25.6. The van der Waals surface area contributed by atoms with Gasteiger partial charge < -0.3 is 30.2 Å². The first-order chi connectivity index (χ1) is 14.8. The number of rotatable bonds is 7. The van der Waals surface area contributed by atoms with E-state index in [4.69, 9.17) is 31.5 Å². The van der Waals surface area contributed by atoms with Crippen LogP contribution in [0.15, 0.2) is 42.5 Å². The SMILES string of the molecule is CC1CO[C@@H](COc2ccc(F)cc2)CN1C(=O)COc1ccc(Cl)cc1NC(N)=O. The number of carbonyl (C=O) groups is 2. The van der Waals surface area contributed by atoms with E-state index in [0.29, 0.717) is 23.9 Å². The Morgan fingerprint density at radius 3 is 2.71 bits per heavy atom. The third-order valence-corrected chi connectivity index (χ3v) is 4.86. The molecule has 8 nitrogen and oxygen atoms in total. The molecule has 1 unspecified atom stereocenters. The normalized spacial score (nSPS) is 18.4. The maximum Gasteiger partial charge on any atom is 0.316 e. The number of ether oxygens (including phenoxy) is 3. The second-order valence-electron chi connectivity index (χ2n) is 7.03. The molecule has 0 aliphatic carbocycles. The van der Waals surface area contributed by atoms with Crippen molar-refractivity contribution in [1.82, 2.24) is 4.90 Å². The maximum absolute atomic E-state index is 13.0. The molecule has 0 spiro atoms. The number of carbonyl (C=O) groups excluding carboxylic acids is 2. The van der Waals surface area contributed by atoms with Gasteiger partial charge in [0, 0.05) is 5.02 Å². The first kappa shape index (κ1) is 22.6. The highest BCUT2D eigenvalue weighted by Crippen LogP contribution is 2.28. The average Bonchev–Trinajstić information content (AvgIpc) is 2.73. The van der Waals surface area contributed by atoms with Crippen LogP contribution in [0.3, 0.4) is 0 Å². The van der Waals surface area contributed by atoms with Crippen molar-refractivity contribution in [2.24, 2.45) is 5.73 Å². The van der Waals surface area contributed by atoms with E-state index >= 15 is 0 Å². The van der Waals surface area contributed by atoms with Gasteiger partial charge in [-0.05, 0) is 49.4 Å². The number of nitrogens with one attached hydrogen (secondary N) is 1. The number of nitrogens with zero attached hydrogens (tertiary/aromatic N) is 1. The van der Waals surface area contributed by atoms with E-state index in [1.165, 1.54) is 30.3 Å². The number of amides is 3. The van der Waals surface area contributed by atoms with Crippen LogP contribution < -0.4 is 20.5 Å². The molecule has 1 heterocycles. The zero-order valence-corrected chi connectivity index (χ0v) is 17.6. The van der Waals surface area contributed by atoms with Crippen molar-refractivity contribution in [3.63, 3.8) is 0 Å². The summed E-state index contributed by atoms with van der Waals surface area (Å²) in [6, 6.07) is 9.36. The summed E-state index contributed by atoms with van der Waals surface area (Å²) < 4.78 is 30.0. The minimum absolute atomic E-state index is 0.147. The zero-order chi connectivity index (χ0) is 22.4. The summed E-state index contributed by atoms with van der Waals surface area (Å²) in [5.74, 6) is 0.194. The minimum Gasteiger partial charge on any atom is -0.491 e. The molecule has 1 aliphatic heterocycles. The van der Waals surface area contributed by atoms with Gasteiger partial charge >= 0.3 is 6.03 Å². The van der Waals surface area contributed by atoms with Crippen molar-refractivity contribution in [2.75, 3.05) is 31.7 Å². The Morgan fingerprint density at radius 2 is 2.00 bits per heavy atom. The molecule has 1 fully saturated rings. The molecule has 0 saturated carbocycles. The van der Waals surface area contributed by atoms with Crippen LogP contribution in [0.1, 0.15) is 6.92 Å². The number of anilines is 1. The maximum atomic E-state index is 13.0. The summed E-state index contributed by atoms with van der Waals surface area (Å²) in [6.45, 7) is 2.51. The number of hydrogen-bond acceptors (Lipinski definition) is 5.